The van der Waals surface area contributed by atoms with Gasteiger partial charge in [0.2, 0.25) is 5.91 Å². The molecule has 0 heterocycles. The van der Waals surface area contributed by atoms with Crippen LogP contribution in [0.4, 0.5) is 5.69 Å². The smallest absolute Gasteiger partial charge is 0.238 e. The first kappa shape index (κ1) is 17.5. The maximum atomic E-state index is 12.0. The molecule has 23 heavy (non-hydrogen) atoms. The van der Waals surface area contributed by atoms with Crippen LogP contribution in [0.1, 0.15) is 43.9 Å². The van der Waals surface area contributed by atoms with Gasteiger partial charge in [-0.25, -0.2) is 0 Å². The molecular formula is C19H23ClN2O. The average molecular weight is 331 g/mol. The second-order valence-electron chi connectivity index (χ2n) is 5.98. The Bertz CT molecular complexity index is 653. The number of halogens is 1. The highest BCUT2D eigenvalue weighted by Crippen LogP contribution is 2.18. The molecule has 122 valence electrons. The Hall–Kier alpha value is -1.84. The Morgan fingerprint density at radius 1 is 1.04 bits per heavy atom. The van der Waals surface area contributed by atoms with E-state index in [1.54, 1.807) is 0 Å². The van der Waals surface area contributed by atoms with Crippen LogP contribution in [-0.4, -0.2) is 12.5 Å². The van der Waals surface area contributed by atoms with Crippen molar-refractivity contribution in [2.24, 2.45) is 0 Å². The normalized spacial score (nSPS) is 12.2. The van der Waals surface area contributed by atoms with Gasteiger partial charge in [-0.2, -0.15) is 0 Å². The quantitative estimate of drug-likeness (QED) is 0.802. The zero-order valence-electron chi connectivity index (χ0n) is 13.8. The summed E-state index contributed by atoms with van der Waals surface area (Å²) >= 11 is 5.99. The minimum atomic E-state index is -0.0591. The maximum Gasteiger partial charge on any atom is 0.238 e. The number of amides is 1. The summed E-state index contributed by atoms with van der Waals surface area (Å²) in [5.74, 6) is 0.427. The third kappa shape index (κ3) is 5.38. The van der Waals surface area contributed by atoms with E-state index in [9.17, 15) is 4.79 Å². The minimum Gasteiger partial charge on any atom is -0.325 e. The van der Waals surface area contributed by atoms with Gasteiger partial charge in [0.1, 0.15) is 0 Å². The van der Waals surface area contributed by atoms with Crippen LogP contribution in [0.25, 0.3) is 0 Å². The molecule has 0 aromatic heterocycles. The zero-order valence-corrected chi connectivity index (χ0v) is 14.5. The summed E-state index contributed by atoms with van der Waals surface area (Å²) in [7, 11) is 0. The molecule has 3 nitrogen and oxygen atoms in total. The molecule has 0 fully saturated rings. The molecule has 0 spiro atoms. The second-order valence-corrected chi connectivity index (χ2v) is 6.42. The van der Waals surface area contributed by atoms with E-state index >= 15 is 0 Å². The lowest BCUT2D eigenvalue weighted by Gasteiger charge is -2.14. The van der Waals surface area contributed by atoms with Crippen molar-refractivity contribution in [3.63, 3.8) is 0 Å². The summed E-state index contributed by atoms with van der Waals surface area (Å²) in [6.45, 7) is 6.56. The minimum absolute atomic E-state index is 0.0581. The van der Waals surface area contributed by atoms with Gasteiger partial charge >= 0.3 is 0 Å². The molecule has 0 aliphatic heterocycles. The summed E-state index contributed by atoms with van der Waals surface area (Å²) < 4.78 is 0. The summed E-state index contributed by atoms with van der Waals surface area (Å²) in [5, 5.41) is 6.80. The van der Waals surface area contributed by atoms with Gasteiger partial charge in [-0.15, -0.1) is 0 Å². The molecule has 2 aromatic carbocycles. The van der Waals surface area contributed by atoms with E-state index in [2.05, 4.69) is 24.5 Å². The molecule has 0 saturated heterocycles. The van der Waals surface area contributed by atoms with Crippen molar-refractivity contribution in [2.45, 2.75) is 32.7 Å². The van der Waals surface area contributed by atoms with Crippen LogP contribution in [0.5, 0.6) is 0 Å². The lowest BCUT2D eigenvalue weighted by molar-refractivity contribution is -0.115. The van der Waals surface area contributed by atoms with Crippen molar-refractivity contribution in [2.75, 3.05) is 11.9 Å². The number of carbonyl (C=O) groups excluding carboxylic acids is 1. The lowest BCUT2D eigenvalue weighted by Crippen LogP contribution is -2.30. The van der Waals surface area contributed by atoms with Crippen molar-refractivity contribution < 1.29 is 4.79 Å². The SMILES string of the molecule is CC(C)c1ccc(NC(=O)CN[C@@H](C)c2cccc(Cl)c2)cc1. The summed E-state index contributed by atoms with van der Waals surface area (Å²) in [6.07, 6.45) is 0. The zero-order chi connectivity index (χ0) is 16.8. The standard InChI is InChI=1S/C19H23ClN2O/c1-13(2)15-7-9-18(10-8-15)22-19(23)12-21-14(3)16-5-4-6-17(20)11-16/h4-11,13-14,21H,12H2,1-3H3,(H,22,23)/t14-/m0/s1. The van der Waals surface area contributed by atoms with Crippen LogP contribution >= 0.6 is 11.6 Å². The van der Waals surface area contributed by atoms with Crippen molar-refractivity contribution in [3.8, 4) is 0 Å². The van der Waals surface area contributed by atoms with E-state index in [0.29, 0.717) is 10.9 Å². The van der Waals surface area contributed by atoms with E-state index < -0.39 is 0 Å². The summed E-state index contributed by atoms with van der Waals surface area (Å²) in [6, 6.07) is 15.7. The number of carbonyl (C=O) groups is 1. The van der Waals surface area contributed by atoms with Crippen molar-refractivity contribution in [3.05, 3.63) is 64.7 Å². The average Bonchev–Trinajstić information content (AvgIpc) is 2.53. The number of rotatable bonds is 6. The Labute approximate surface area is 143 Å². The molecule has 2 rings (SSSR count). The highest BCUT2D eigenvalue weighted by molar-refractivity contribution is 6.30. The fourth-order valence-electron chi connectivity index (χ4n) is 2.30. The molecule has 0 unspecified atom stereocenters. The molecule has 0 saturated carbocycles. The van der Waals surface area contributed by atoms with Crippen molar-refractivity contribution in [1.82, 2.24) is 5.32 Å². The molecule has 1 amide bonds. The molecule has 0 radical (unpaired) electrons. The van der Waals surface area contributed by atoms with Gasteiger partial charge in [-0.1, -0.05) is 49.7 Å². The van der Waals surface area contributed by atoms with E-state index in [0.717, 1.165) is 11.3 Å². The highest BCUT2D eigenvalue weighted by atomic mass is 35.5. The van der Waals surface area contributed by atoms with Crippen LogP contribution in [-0.2, 0) is 4.79 Å². The predicted octanol–water partition coefficient (Wildman–Crippen LogP) is 4.75. The number of benzene rings is 2. The monoisotopic (exact) mass is 330 g/mol. The Kier molecular flexibility index (Phi) is 6.20. The van der Waals surface area contributed by atoms with Crippen LogP contribution in [0.3, 0.4) is 0 Å². The van der Waals surface area contributed by atoms with Crippen LogP contribution in [0.15, 0.2) is 48.5 Å². The first-order valence-electron chi connectivity index (χ1n) is 7.84. The number of hydrogen-bond acceptors (Lipinski definition) is 2. The topological polar surface area (TPSA) is 41.1 Å². The van der Waals surface area contributed by atoms with Crippen molar-refractivity contribution in [1.29, 1.82) is 0 Å². The van der Waals surface area contributed by atoms with E-state index in [1.807, 2.05) is 55.5 Å². The molecule has 0 aliphatic rings. The van der Waals surface area contributed by atoms with Gasteiger partial charge in [0.25, 0.3) is 0 Å². The van der Waals surface area contributed by atoms with Gasteiger partial charge in [0.15, 0.2) is 0 Å². The number of hydrogen-bond donors (Lipinski definition) is 2. The Morgan fingerprint density at radius 2 is 1.74 bits per heavy atom. The molecular weight excluding hydrogens is 308 g/mol. The van der Waals surface area contributed by atoms with E-state index in [4.69, 9.17) is 11.6 Å². The predicted molar refractivity (Wildman–Crippen MR) is 97.0 cm³/mol. The first-order chi connectivity index (χ1) is 11.0. The molecule has 0 aliphatic carbocycles. The van der Waals surface area contributed by atoms with Crippen LogP contribution in [0, 0.1) is 0 Å². The van der Waals surface area contributed by atoms with Gasteiger partial charge < -0.3 is 10.6 Å². The summed E-state index contributed by atoms with van der Waals surface area (Å²) in [5.41, 5.74) is 3.14. The molecule has 2 N–H and O–H groups in total. The third-order valence-corrected chi connectivity index (χ3v) is 4.01. The van der Waals surface area contributed by atoms with Gasteiger partial charge in [-0.3, -0.25) is 4.79 Å². The van der Waals surface area contributed by atoms with E-state index in [1.165, 1.54) is 5.56 Å². The van der Waals surface area contributed by atoms with Gasteiger partial charge in [0.05, 0.1) is 6.54 Å². The number of anilines is 1. The molecule has 0 bridgehead atoms. The Morgan fingerprint density at radius 3 is 2.35 bits per heavy atom. The molecule has 2 aromatic rings. The maximum absolute atomic E-state index is 12.0. The van der Waals surface area contributed by atoms with E-state index in [-0.39, 0.29) is 18.5 Å². The summed E-state index contributed by atoms with van der Waals surface area (Å²) in [4.78, 5) is 12.0. The van der Waals surface area contributed by atoms with Crippen LogP contribution < -0.4 is 10.6 Å². The third-order valence-electron chi connectivity index (χ3n) is 3.78. The fraction of sp³-hybridized carbons (Fsp3) is 0.316. The Balaban J connectivity index is 1.85. The number of nitrogens with one attached hydrogen (secondary N) is 2. The molecule has 4 heteroatoms. The van der Waals surface area contributed by atoms with Crippen LogP contribution in [0.2, 0.25) is 5.02 Å². The highest BCUT2D eigenvalue weighted by Gasteiger charge is 2.08. The first-order valence-corrected chi connectivity index (χ1v) is 8.22. The van der Waals surface area contributed by atoms with Crippen molar-refractivity contribution >= 4 is 23.2 Å². The fourth-order valence-corrected chi connectivity index (χ4v) is 2.49. The van der Waals surface area contributed by atoms with Gasteiger partial charge in [0, 0.05) is 16.8 Å². The second kappa shape index (κ2) is 8.14. The largest absolute Gasteiger partial charge is 0.325 e. The molecule has 1 atom stereocenters. The van der Waals surface area contributed by atoms with Gasteiger partial charge in [-0.05, 0) is 48.2 Å². The lowest BCUT2D eigenvalue weighted by atomic mass is 10.0.